The number of halogens is 3. The molecule has 0 saturated heterocycles. The van der Waals surface area contributed by atoms with E-state index in [0.29, 0.717) is 25.9 Å². The van der Waals surface area contributed by atoms with Crippen molar-refractivity contribution in [3.63, 3.8) is 0 Å². The van der Waals surface area contributed by atoms with Gasteiger partial charge >= 0.3 is 6.18 Å². The summed E-state index contributed by atoms with van der Waals surface area (Å²) in [5.41, 5.74) is -0.645. The molecule has 0 aliphatic rings. The third kappa shape index (κ3) is 8.00. The van der Waals surface area contributed by atoms with Crippen LogP contribution in [0.3, 0.4) is 0 Å². The first-order chi connectivity index (χ1) is 7.72. The predicted octanol–water partition coefficient (Wildman–Crippen LogP) is 2.15. The van der Waals surface area contributed by atoms with Crippen molar-refractivity contribution in [2.75, 3.05) is 26.7 Å². The Morgan fingerprint density at radius 1 is 1.35 bits per heavy atom. The minimum Gasteiger partial charge on any atom is -0.300 e. The molecule has 0 saturated carbocycles. The molecule has 0 spiro atoms. The largest absolute Gasteiger partial charge is 0.401 e. The van der Waals surface area contributed by atoms with Gasteiger partial charge in [0.2, 0.25) is 0 Å². The van der Waals surface area contributed by atoms with Gasteiger partial charge in [-0.15, -0.1) is 0 Å². The highest BCUT2D eigenvalue weighted by atomic mass is 19.4. The zero-order valence-electron chi connectivity index (χ0n) is 10.6. The number of nitrogens with zero attached hydrogens (tertiary/aromatic N) is 2. The van der Waals surface area contributed by atoms with Crippen LogP contribution in [0.5, 0.6) is 0 Å². The lowest BCUT2D eigenvalue weighted by molar-refractivity contribution is -0.143. The average molecular weight is 251 g/mol. The van der Waals surface area contributed by atoms with Crippen LogP contribution in [0.25, 0.3) is 0 Å². The van der Waals surface area contributed by atoms with Crippen molar-refractivity contribution < 1.29 is 13.2 Å². The molecular weight excluding hydrogens is 231 g/mol. The van der Waals surface area contributed by atoms with Crippen LogP contribution in [0.4, 0.5) is 13.2 Å². The maximum atomic E-state index is 12.0. The van der Waals surface area contributed by atoms with Crippen LogP contribution in [0.2, 0.25) is 0 Å². The number of alkyl halides is 3. The zero-order valence-corrected chi connectivity index (χ0v) is 10.6. The van der Waals surface area contributed by atoms with Crippen molar-refractivity contribution in [1.29, 1.82) is 5.26 Å². The lowest BCUT2D eigenvalue weighted by Crippen LogP contribution is -2.41. The molecule has 0 fully saturated rings. The molecule has 0 aliphatic carbocycles. The van der Waals surface area contributed by atoms with Gasteiger partial charge in [-0.25, -0.2) is 0 Å². The molecule has 0 bridgehead atoms. The van der Waals surface area contributed by atoms with E-state index in [2.05, 4.69) is 11.4 Å². The predicted molar refractivity (Wildman–Crippen MR) is 60.5 cm³/mol. The fourth-order valence-corrected chi connectivity index (χ4v) is 1.66. The van der Waals surface area contributed by atoms with Gasteiger partial charge in [-0.05, 0) is 39.9 Å². The first-order valence-corrected chi connectivity index (χ1v) is 5.64. The van der Waals surface area contributed by atoms with E-state index in [-0.39, 0.29) is 0 Å². The second-order valence-corrected chi connectivity index (χ2v) is 4.43. The lowest BCUT2D eigenvalue weighted by atomic mass is 9.97. The van der Waals surface area contributed by atoms with Gasteiger partial charge in [-0.2, -0.15) is 18.4 Å². The highest BCUT2D eigenvalue weighted by Crippen LogP contribution is 2.17. The van der Waals surface area contributed by atoms with Crippen molar-refractivity contribution in [1.82, 2.24) is 10.2 Å². The molecule has 0 aromatic heterocycles. The molecule has 0 radical (unpaired) electrons. The first kappa shape index (κ1) is 16.2. The van der Waals surface area contributed by atoms with Gasteiger partial charge in [-0.1, -0.05) is 6.92 Å². The molecule has 6 heteroatoms. The highest BCUT2D eigenvalue weighted by molar-refractivity contribution is 5.03. The summed E-state index contributed by atoms with van der Waals surface area (Å²) in [5, 5.41) is 12.0. The number of hydrogen-bond acceptors (Lipinski definition) is 3. The van der Waals surface area contributed by atoms with Gasteiger partial charge in [0, 0.05) is 0 Å². The molecule has 0 rings (SSSR count). The summed E-state index contributed by atoms with van der Waals surface area (Å²) in [7, 11) is 1.43. The van der Waals surface area contributed by atoms with Crippen LogP contribution in [-0.4, -0.2) is 43.3 Å². The zero-order chi connectivity index (χ0) is 13.5. The minimum atomic E-state index is -4.16. The van der Waals surface area contributed by atoms with Crippen LogP contribution in [0.15, 0.2) is 0 Å². The molecule has 0 aromatic carbocycles. The smallest absolute Gasteiger partial charge is 0.300 e. The van der Waals surface area contributed by atoms with E-state index in [0.717, 1.165) is 0 Å². The van der Waals surface area contributed by atoms with Crippen LogP contribution in [-0.2, 0) is 0 Å². The van der Waals surface area contributed by atoms with Crippen molar-refractivity contribution >= 4 is 0 Å². The monoisotopic (exact) mass is 251 g/mol. The summed E-state index contributed by atoms with van der Waals surface area (Å²) in [6, 6.07) is 2.15. The third-order valence-electron chi connectivity index (χ3n) is 2.48. The van der Waals surface area contributed by atoms with Crippen LogP contribution in [0.1, 0.15) is 26.7 Å². The second-order valence-electron chi connectivity index (χ2n) is 4.43. The average Bonchev–Trinajstić information content (AvgIpc) is 2.15. The van der Waals surface area contributed by atoms with E-state index in [1.165, 1.54) is 11.9 Å². The molecule has 100 valence electrons. The molecule has 0 amide bonds. The number of rotatable bonds is 7. The Balaban J connectivity index is 3.94. The normalized spacial score (nSPS) is 15.6. The van der Waals surface area contributed by atoms with E-state index in [4.69, 9.17) is 5.26 Å². The van der Waals surface area contributed by atoms with E-state index >= 15 is 0 Å². The van der Waals surface area contributed by atoms with Gasteiger partial charge in [0.25, 0.3) is 0 Å². The van der Waals surface area contributed by atoms with E-state index in [1.807, 2.05) is 6.92 Å². The van der Waals surface area contributed by atoms with Crippen LogP contribution >= 0.6 is 0 Å². The summed E-state index contributed by atoms with van der Waals surface area (Å²) in [4.78, 5) is 1.23. The maximum Gasteiger partial charge on any atom is 0.401 e. The Morgan fingerprint density at radius 3 is 2.35 bits per heavy atom. The SMILES string of the molecule is CCNC(C)(C#N)CCCN(C)CC(F)(F)F. The topological polar surface area (TPSA) is 39.1 Å². The summed E-state index contributed by atoms with van der Waals surface area (Å²) in [6.45, 7) is 3.76. The molecule has 1 unspecified atom stereocenters. The van der Waals surface area contributed by atoms with E-state index in [9.17, 15) is 13.2 Å². The van der Waals surface area contributed by atoms with Gasteiger partial charge in [0.1, 0.15) is 5.54 Å². The number of nitrogens with one attached hydrogen (secondary N) is 1. The van der Waals surface area contributed by atoms with Gasteiger partial charge in [0.15, 0.2) is 0 Å². The highest BCUT2D eigenvalue weighted by Gasteiger charge is 2.29. The Kier molecular flexibility index (Phi) is 6.50. The molecule has 17 heavy (non-hydrogen) atoms. The fourth-order valence-electron chi connectivity index (χ4n) is 1.66. The summed E-state index contributed by atoms with van der Waals surface area (Å²) >= 11 is 0. The van der Waals surface area contributed by atoms with Crippen molar-refractivity contribution in [2.24, 2.45) is 0 Å². The Hall–Kier alpha value is -0.800. The summed E-state index contributed by atoms with van der Waals surface area (Å²) in [6.07, 6.45) is -3.06. The Morgan fingerprint density at radius 2 is 1.94 bits per heavy atom. The molecule has 0 aliphatic heterocycles. The molecule has 3 nitrogen and oxygen atoms in total. The summed E-state index contributed by atoms with van der Waals surface area (Å²) < 4.78 is 36.1. The minimum absolute atomic E-state index is 0.335. The van der Waals surface area contributed by atoms with Gasteiger partial charge < -0.3 is 0 Å². The molecule has 1 N–H and O–H groups in total. The quantitative estimate of drug-likeness (QED) is 0.753. The molecule has 0 aromatic rings. The first-order valence-electron chi connectivity index (χ1n) is 5.64. The van der Waals surface area contributed by atoms with Gasteiger partial charge in [0.05, 0.1) is 12.6 Å². The molecule has 0 heterocycles. The maximum absolute atomic E-state index is 12.0. The van der Waals surface area contributed by atoms with Crippen molar-refractivity contribution in [3.8, 4) is 6.07 Å². The molecular formula is C11H20F3N3. The number of hydrogen-bond donors (Lipinski definition) is 1. The van der Waals surface area contributed by atoms with Crippen molar-refractivity contribution in [3.05, 3.63) is 0 Å². The number of nitriles is 1. The standard InChI is InChI=1S/C11H20F3N3/c1-4-16-10(2,8-15)6-5-7-17(3)9-11(12,13)14/h16H,4-7,9H2,1-3H3. The van der Waals surface area contributed by atoms with Crippen LogP contribution < -0.4 is 5.32 Å². The second kappa shape index (κ2) is 6.82. The summed E-state index contributed by atoms with van der Waals surface area (Å²) in [5.74, 6) is 0. The van der Waals surface area contributed by atoms with Gasteiger partial charge in [-0.3, -0.25) is 10.2 Å². The molecule has 1 atom stereocenters. The van der Waals surface area contributed by atoms with Crippen LogP contribution in [0, 0.1) is 11.3 Å². The Labute approximate surface area is 101 Å². The third-order valence-corrected chi connectivity index (χ3v) is 2.48. The Bertz CT molecular complexity index is 260. The van der Waals surface area contributed by atoms with E-state index in [1.54, 1.807) is 6.92 Å². The van der Waals surface area contributed by atoms with E-state index < -0.39 is 18.3 Å². The lowest BCUT2D eigenvalue weighted by Gasteiger charge is -2.24. The fraction of sp³-hybridized carbons (Fsp3) is 0.909. The van der Waals surface area contributed by atoms with Crippen molar-refractivity contribution in [2.45, 2.75) is 38.4 Å².